The lowest BCUT2D eigenvalue weighted by Crippen LogP contribution is -2.49. The minimum absolute atomic E-state index is 0.0115. The maximum absolute atomic E-state index is 12.7. The molecule has 3 heterocycles. The van der Waals surface area contributed by atoms with Crippen LogP contribution in [0.1, 0.15) is 6.92 Å². The number of nitro groups is 1. The first kappa shape index (κ1) is 20.9. The molecule has 3 aromatic rings. The largest absolute Gasteiger partial charge is 0.461 e. The van der Waals surface area contributed by atoms with Crippen molar-refractivity contribution in [3.8, 4) is 11.6 Å². The van der Waals surface area contributed by atoms with E-state index < -0.39 is 0 Å². The molecule has 0 atom stereocenters. The molecule has 0 N–H and O–H groups in total. The van der Waals surface area contributed by atoms with E-state index in [4.69, 9.17) is 4.42 Å². The van der Waals surface area contributed by atoms with Crippen molar-refractivity contribution in [2.75, 3.05) is 36.8 Å². The number of benzene rings is 1. The van der Waals surface area contributed by atoms with Crippen molar-refractivity contribution in [2.24, 2.45) is 0 Å². The third-order valence-corrected chi connectivity index (χ3v) is 6.10. The molecule has 162 valence electrons. The first-order valence-electron chi connectivity index (χ1n) is 9.94. The quantitative estimate of drug-likeness (QED) is 0.312. The fraction of sp³-hybridized carbons (Fsp3) is 0.350. The van der Waals surface area contributed by atoms with Crippen molar-refractivity contribution in [1.29, 1.82) is 0 Å². The van der Waals surface area contributed by atoms with Gasteiger partial charge in [0.2, 0.25) is 5.91 Å². The van der Waals surface area contributed by atoms with Gasteiger partial charge in [-0.2, -0.15) is 0 Å². The Hall–Kier alpha value is -3.34. The molecule has 1 aliphatic rings. The van der Waals surface area contributed by atoms with Crippen molar-refractivity contribution < 1.29 is 14.1 Å². The first-order valence-corrected chi connectivity index (χ1v) is 10.9. The van der Waals surface area contributed by atoms with Gasteiger partial charge in [-0.05, 0) is 25.1 Å². The lowest BCUT2D eigenvalue weighted by molar-refractivity contribution is -0.384. The molecule has 4 rings (SSSR count). The zero-order valence-electron chi connectivity index (χ0n) is 17.0. The molecule has 2 aromatic heterocycles. The van der Waals surface area contributed by atoms with Crippen LogP contribution in [0, 0.1) is 10.1 Å². The van der Waals surface area contributed by atoms with Gasteiger partial charge in [-0.15, -0.1) is 10.2 Å². The van der Waals surface area contributed by atoms with E-state index in [1.807, 2.05) is 22.5 Å². The SMILES string of the molecule is CCn1c(SCC(=O)N2CCN(c3ccccc3[N+](=O)[O-])CC2)nnc1-c1ccco1. The summed E-state index contributed by atoms with van der Waals surface area (Å²) < 4.78 is 7.33. The lowest BCUT2D eigenvalue weighted by Gasteiger charge is -2.35. The average molecular weight is 443 g/mol. The monoisotopic (exact) mass is 442 g/mol. The van der Waals surface area contributed by atoms with Gasteiger partial charge >= 0.3 is 0 Å². The Balaban J connectivity index is 1.35. The number of piperazine rings is 1. The smallest absolute Gasteiger partial charge is 0.292 e. The van der Waals surface area contributed by atoms with E-state index in [0.717, 1.165) is 0 Å². The van der Waals surface area contributed by atoms with Crippen molar-refractivity contribution in [3.63, 3.8) is 0 Å². The Bertz CT molecular complexity index is 1060. The van der Waals surface area contributed by atoms with Crippen LogP contribution < -0.4 is 4.90 Å². The maximum Gasteiger partial charge on any atom is 0.292 e. The molecule has 11 heteroatoms. The predicted molar refractivity (Wildman–Crippen MR) is 116 cm³/mol. The van der Waals surface area contributed by atoms with E-state index >= 15 is 0 Å². The van der Waals surface area contributed by atoms with Gasteiger partial charge in [0, 0.05) is 38.8 Å². The van der Waals surface area contributed by atoms with Gasteiger partial charge in [0.15, 0.2) is 16.7 Å². The number of carbonyl (C=O) groups excluding carboxylic acids is 1. The van der Waals surface area contributed by atoms with Crippen LogP contribution in [-0.2, 0) is 11.3 Å². The lowest BCUT2D eigenvalue weighted by atomic mass is 10.2. The molecule has 1 aliphatic heterocycles. The number of nitro benzene ring substituents is 1. The Labute approximate surface area is 183 Å². The minimum Gasteiger partial charge on any atom is -0.461 e. The third-order valence-electron chi connectivity index (χ3n) is 5.15. The molecule has 1 aromatic carbocycles. The second-order valence-electron chi connectivity index (χ2n) is 6.93. The fourth-order valence-electron chi connectivity index (χ4n) is 3.57. The summed E-state index contributed by atoms with van der Waals surface area (Å²) in [6.07, 6.45) is 1.59. The molecule has 0 spiro atoms. The molecule has 0 bridgehead atoms. The maximum atomic E-state index is 12.7. The molecular weight excluding hydrogens is 420 g/mol. The fourth-order valence-corrected chi connectivity index (χ4v) is 4.47. The molecule has 0 saturated carbocycles. The van der Waals surface area contributed by atoms with Crippen LogP contribution in [0.4, 0.5) is 11.4 Å². The van der Waals surface area contributed by atoms with E-state index in [1.54, 1.807) is 35.4 Å². The average Bonchev–Trinajstić information content (AvgIpc) is 3.47. The Kier molecular flexibility index (Phi) is 6.21. The highest BCUT2D eigenvalue weighted by atomic mass is 32.2. The van der Waals surface area contributed by atoms with Gasteiger partial charge in [0.05, 0.1) is 16.9 Å². The summed E-state index contributed by atoms with van der Waals surface area (Å²) in [5, 5.41) is 20.4. The molecule has 0 unspecified atom stereocenters. The van der Waals surface area contributed by atoms with E-state index in [-0.39, 0.29) is 22.3 Å². The summed E-state index contributed by atoms with van der Waals surface area (Å²) in [4.78, 5) is 27.4. The van der Waals surface area contributed by atoms with Crippen LogP contribution in [0.5, 0.6) is 0 Å². The van der Waals surface area contributed by atoms with Gasteiger partial charge in [-0.1, -0.05) is 23.9 Å². The topological polar surface area (TPSA) is 111 Å². The number of anilines is 1. The molecule has 0 aliphatic carbocycles. The van der Waals surface area contributed by atoms with Crippen molar-refractivity contribution in [2.45, 2.75) is 18.6 Å². The van der Waals surface area contributed by atoms with Gasteiger partial charge in [-0.3, -0.25) is 19.5 Å². The summed E-state index contributed by atoms with van der Waals surface area (Å²) >= 11 is 1.35. The summed E-state index contributed by atoms with van der Waals surface area (Å²) in [6.45, 7) is 4.79. The number of furan rings is 1. The summed E-state index contributed by atoms with van der Waals surface area (Å²) in [6, 6.07) is 10.3. The zero-order chi connectivity index (χ0) is 21.8. The predicted octanol–water partition coefficient (Wildman–Crippen LogP) is 2.91. The van der Waals surface area contributed by atoms with E-state index in [9.17, 15) is 14.9 Å². The van der Waals surface area contributed by atoms with Crippen LogP contribution >= 0.6 is 11.8 Å². The van der Waals surface area contributed by atoms with E-state index in [0.29, 0.717) is 55.2 Å². The molecule has 1 saturated heterocycles. The van der Waals surface area contributed by atoms with Gasteiger partial charge in [0.25, 0.3) is 5.69 Å². The van der Waals surface area contributed by atoms with E-state index in [2.05, 4.69) is 10.2 Å². The number of aromatic nitrogens is 3. The molecule has 1 amide bonds. The van der Waals surface area contributed by atoms with Crippen LogP contribution in [0.2, 0.25) is 0 Å². The van der Waals surface area contributed by atoms with Crippen molar-refractivity contribution >= 4 is 29.0 Å². The summed E-state index contributed by atoms with van der Waals surface area (Å²) in [5.74, 6) is 1.54. The number of carbonyl (C=O) groups is 1. The number of hydrogen-bond acceptors (Lipinski definition) is 8. The van der Waals surface area contributed by atoms with Gasteiger partial charge < -0.3 is 14.2 Å². The Morgan fingerprint density at radius 1 is 1.16 bits per heavy atom. The molecule has 1 fully saturated rings. The highest BCUT2D eigenvalue weighted by Gasteiger charge is 2.26. The second kappa shape index (κ2) is 9.21. The summed E-state index contributed by atoms with van der Waals surface area (Å²) in [5.41, 5.74) is 0.680. The number of rotatable bonds is 7. The zero-order valence-corrected chi connectivity index (χ0v) is 17.8. The molecular formula is C20H22N6O4S. The molecule has 31 heavy (non-hydrogen) atoms. The van der Waals surface area contributed by atoms with Crippen molar-refractivity contribution in [1.82, 2.24) is 19.7 Å². The second-order valence-corrected chi connectivity index (χ2v) is 7.87. The number of nitrogens with zero attached hydrogens (tertiary/aromatic N) is 6. The first-order chi connectivity index (χ1) is 15.1. The molecule has 10 nitrogen and oxygen atoms in total. The van der Waals surface area contributed by atoms with Gasteiger partial charge in [0.1, 0.15) is 5.69 Å². The van der Waals surface area contributed by atoms with Gasteiger partial charge in [-0.25, -0.2) is 0 Å². The van der Waals surface area contributed by atoms with Crippen LogP contribution in [0.3, 0.4) is 0 Å². The summed E-state index contributed by atoms with van der Waals surface area (Å²) in [7, 11) is 0. The number of hydrogen-bond donors (Lipinski definition) is 0. The van der Waals surface area contributed by atoms with Crippen LogP contribution in [0.25, 0.3) is 11.6 Å². The Morgan fingerprint density at radius 2 is 1.94 bits per heavy atom. The van der Waals surface area contributed by atoms with Crippen LogP contribution in [0.15, 0.2) is 52.2 Å². The van der Waals surface area contributed by atoms with E-state index in [1.165, 1.54) is 17.8 Å². The number of amides is 1. The third kappa shape index (κ3) is 4.41. The highest BCUT2D eigenvalue weighted by Crippen LogP contribution is 2.29. The highest BCUT2D eigenvalue weighted by molar-refractivity contribution is 7.99. The van der Waals surface area contributed by atoms with Crippen LogP contribution in [-0.4, -0.2) is 62.4 Å². The number of para-hydroxylation sites is 2. The Morgan fingerprint density at radius 3 is 2.61 bits per heavy atom. The normalized spacial score (nSPS) is 14.1. The molecule has 0 radical (unpaired) electrons. The standard InChI is InChI=1S/C20H22N6O4S/c1-2-25-19(17-8-5-13-30-17)21-22-20(25)31-14-18(27)24-11-9-23(10-12-24)15-6-3-4-7-16(15)26(28)29/h3-8,13H,2,9-12,14H2,1H3. The van der Waals surface area contributed by atoms with Crippen molar-refractivity contribution in [3.05, 3.63) is 52.8 Å². The minimum atomic E-state index is -0.371. The number of thioether (sulfide) groups is 1.